The lowest BCUT2D eigenvalue weighted by molar-refractivity contribution is -0.152. The van der Waals surface area contributed by atoms with Gasteiger partial charge in [-0.15, -0.1) is 0 Å². The molecule has 2 amide bonds. The first-order valence-corrected chi connectivity index (χ1v) is 12.7. The number of hydrogen-bond acceptors (Lipinski definition) is 4. The van der Waals surface area contributed by atoms with Crippen LogP contribution in [0.4, 0.5) is 0 Å². The van der Waals surface area contributed by atoms with Crippen molar-refractivity contribution in [3.8, 4) is 0 Å². The molecule has 3 N–H and O–H groups in total. The molecule has 0 aliphatic heterocycles. The van der Waals surface area contributed by atoms with Crippen molar-refractivity contribution in [3.63, 3.8) is 0 Å². The summed E-state index contributed by atoms with van der Waals surface area (Å²) in [5.41, 5.74) is 5.18. The summed E-state index contributed by atoms with van der Waals surface area (Å²) in [6.07, 6.45) is 17.4. The number of nitrogens with two attached hydrogens (primary N) is 1. The van der Waals surface area contributed by atoms with Gasteiger partial charge >= 0.3 is 5.97 Å². The molecule has 0 rings (SSSR count). The fourth-order valence-electron chi connectivity index (χ4n) is 3.47. The van der Waals surface area contributed by atoms with Crippen LogP contribution < -0.4 is 11.1 Å². The van der Waals surface area contributed by atoms with Gasteiger partial charge in [0, 0.05) is 12.8 Å². The van der Waals surface area contributed by atoms with E-state index in [-0.39, 0.29) is 24.9 Å². The van der Waals surface area contributed by atoms with Gasteiger partial charge in [0.2, 0.25) is 11.8 Å². The number of carbonyl (C=O) groups excluding carboxylic acids is 3. The smallest absolute Gasteiger partial charge is 0.328 e. The molecule has 0 heterocycles. The second kappa shape index (κ2) is 20.3. The molecule has 0 aliphatic rings. The van der Waals surface area contributed by atoms with Gasteiger partial charge < -0.3 is 15.8 Å². The zero-order chi connectivity index (χ0) is 23.3. The quantitative estimate of drug-likeness (QED) is 0.180. The van der Waals surface area contributed by atoms with Gasteiger partial charge in [-0.3, -0.25) is 9.59 Å². The van der Waals surface area contributed by atoms with Crippen LogP contribution in [-0.4, -0.2) is 29.9 Å². The molecule has 0 aromatic carbocycles. The Balaban J connectivity index is 3.87. The van der Waals surface area contributed by atoms with Gasteiger partial charge in [-0.25, -0.2) is 4.79 Å². The molecule has 2 atom stereocenters. The summed E-state index contributed by atoms with van der Waals surface area (Å²) in [7, 11) is 0. The Hall–Kier alpha value is -1.59. The Morgan fingerprint density at radius 3 is 1.71 bits per heavy atom. The topological polar surface area (TPSA) is 98.5 Å². The highest BCUT2D eigenvalue weighted by Gasteiger charge is 2.24. The van der Waals surface area contributed by atoms with Crippen molar-refractivity contribution < 1.29 is 19.1 Å². The average molecular weight is 441 g/mol. The fraction of sp³-hybridized carbons (Fsp3) is 0.880. The van der Waals surface area contributed by atoms with E-state index in [0.29, 0.717) is 12.8 Å². The Morgan fingerprint density at radius 1 is 0.774 bits per heavy atom. The summed E-state index contributed by atoms with van der Waals surface area (Å²) in [5, 5.41) is 2.72. The highest BCUT2D eigenvalue weighted by Crippen LogP contribution is 2.13. The molecular formula is C25H48N2O4. The van der Waals surface area contributed by atoms with Crippen LogP contribution in [0.1, 0.15) is 130 Å². The monoisotopic (exact) mass is 440 g/mol. The highest BCUT2D eigenvalue weighted by atomic mass is 16.5. The molecule has 0 saturated carbocycles. The van der Waals surface area contributed by atoms with Gasteiger partial charge in [0.15, 0.2) is 0 Å². The molecule has 0 bridgehead atoms. The minimum atomic E-state index is -0.809. The molecule has 0 fully saturated rings. The lowest BCUT2D eigenvalue weighted by atomic mass is 10.0. The number of primary amides is 1. The minimum Gasteiger partial charge on any atom is -0.461 e. The Kier molecular flexibility index (Phi) is 19.3. The maximum atomic E-state index is 12.3. The zero-order valence-corrected chi connectivity index (χ0v) is 20.4. The second-order valence-corrected chi connectivity index (χ2v) is 8.77. The molecule has 6 nitrogen and oxygen atoms in total. The largest absolute Gasteiger partial charge is 0.461 e. The van der Waals surface area contributed by atoms with Crippen LogP contribution >= 0.6 is 0 Å². The zero-order valence-electron chi connectivity index (χ0n) is 20.4. The average Bonchev–Trinajstić information content (AvgIpc) is 2.73. The number of hydrogen-bond donors (Lipinski definition) is 2. The van der Waals surface area contributed by atoms with Crippen molar-refractivity contribution in [2.45, 2.75) is 142 Å². The molecule has 0 radical (unpaired) electrons. The summed E-state index contributed by atoms with van der Waals surface area (Å²) in [4.78, 5) is 35.5. The van der Waals surface area contributed by atoms with Crippen LogP contribution in [0.2, 0.25) is 0 Å². The van der Waals surface area contributed by atoms with E-state index in [4.69, 9.17) is 10.5 Å². The van der Waals surface area contributed by atoms with Crippen LogP contribution in [0.15, 0.2) is 0 Å². The Labute approximate surface area is 190 Å². The number of rotatable bonds is 21. The molecule has 0 aromatic heterocycles. The van der Waals surface area contributed by atoms with Crippen molar-refractivity contribution in [2.75, 3.05) is 0 Å². The van der Waals surface area contributed by atoms with Crippen LogP contribution in [0.5, 0.6) is 0 Å². The summed E-state index contributed by atoms with van der Waals surface area (Å²) in [6, 6.07) is -0.809. The first-order chi connectivity index (χ1) is 14.9. The van der Waals surface area contributed by atoms with E-state index in [1.54, 1.807) is 6.92 Å². The number of ether oxygens (including phenoxy) is 1. The van der Waals surface area contributed by atoms with Gasteiger partial charge in [0.05, 0.1) is 6.10 Å². The molecule has 31 heavy (non-hydrogen) atoms. The number of esters is 1. The molecule has 0 spiro atoms. The SMILES string of the molecule is CCCCCCCCCCCCCCCC(=O)NC(CCC(N)=O)C(=O)OC(C)CC. The van der Waals surface area contributed by atoms with Crippen LogP contribution in [0.3, 0.4) is 0 Å². The van der Waals surface area contributed by atoms with Crippen LogP contribution in [0, 0.1) is 0 Å². The molecule has 0 saturated heterocycles. The highest BCUT2D eigenvalue weighted by molar-refractivity contribution is 5.85. The predicted molar refractivity (Wildman–Crippen MR) is 127 cm³/mol. The van der Waals surface area contributed by atoms with Gasteiger partial charge in [-0.05, 0) is 26.2 Å². The predicted octanol–water partition coefficient (Wildman–Crippen LogP) is 5.56. The number of nitrogens with one attached hydrogen (secondary N) is 1. The van der Waals surface area contributed by atoms with Gasteiger partial charge in [-0.2, -0.15) is 0 Å². The lowest BCUT2D eigenvalue weighted by Crippen LogP contribution is -2.43. The van der Waals surface area contributed by atoms with Gasteiger partial charge in [-0.1, -0.05) is 90.9 Å². The minimum absolute atomic E-state index is 0.0410. The summed E-state index contributed by atoms with van der Waals surface area (Å²) in [6.45, 7) is 5.97. The van der Waals surface area contributed by atoms with Crippen molar-refractivity contribution in [3.05, 3.63) is 0 Å². The number of amides is 2. The Morgan fingerprint density at radius 2 is 1.26 bits per heavy atom. The number of carbonyl (C=O) groups is 3. The summed E-state index contributed by atoms with van der Waals surface area (Å²) < 4.78 is 5.31. The first kappa shape index (κ1) is 29.4. The van der Waals surface area contributed by atoms with Gasteiger partial charge in [0.25, 0.3) is 0 Å². The first-order valence-electron chi connectivity index (χ1n) is 12.7. The van der Waals surface area contributed by atoms with Crippen molar-refractivity contribution in [1.82, 2.24) is 5.32 Å². The third-order valence-electron chi connectivity index (χ3n) is 5.70. The third-order valence-corrected chi connectivity index (χ3v) is 5.70. The van der Waals surface area contributed by atoms with Crippen molar-refractivity contribution in [1.29, 1.82) is 0 Å². The molecule has 0 aliphatic carbocycles. The van der Waals surface area contributed by atoms with E-state index in [1.165, 1.54) is 64.2 Å². The molecule has 182 valence electrons. The molecule has 6 heteroatoms. The second-order valence-electron chi connectivity index (χ2n) is 8.77. The molecule has 0 aromatic rings. The van der Waals surface area contributed by atoms with E-state index in [0.717, 1.165) is 19.3 Å². The molecule has 2 unspecified atom stereocenters. The van der Waals surface area contributed by atoms with Crippen LogP contribution in [-0.2, 0) is 19.1 Å². The van der Waals surface area contributed by atoms with Gasteiger partial charge in [0.1, 0.15) is 6.04 Å². The van der Waals surface area contributed by atoms with Crippen molar-refractivity contribution >= 4 is 17.8 Å². The maximum Gasteiger partial charge on any atom is 0.328 e. The van der Waals surface area contributed by atoms with E-state index in [9.17, 15) is 14.4 Å². The fourth-order valence-corrected chi connectivity index (χ4v) is 3.47. The summed E-state index contributed by atoms with van der Waals surface area (Å²) >= 11 is 0. The van der Waals surface area contributed by atoms with E-state index in [2.05, 4.69) is 12.2 Å². The van der Waals surface area contributed by atoms with Crippen molar-refractivity contribution in [2.24, 2.45) is 5.73 Å². The van der Waals surface area contributed by atoms with E-state index in [1.807, 2.05) is 6.92 Å². The normalized spacial score (nSPS) is 12.9. The maximum absolute atomic E-state index is 12.3. The third kappa shape index (κ3) is 18.9. The lowest BCUT2D eigenvalue weighted by Gasteiger charge is -2.19. The molecular weight excluding hydrogens is 392 g/mol. The standard InChI is InChI=1S/C25H48N2O4/c1-4-6-7-8-9-10-11-12-13-14-15-16-17-18-24(29)27-22(19-20-23(26)28)25(30)31-21(3)5-2/h21-22H,4-20H2,1-3H3,(H2,26,28)(H,27,29). The summed E-state index contributed by atoms with van der Waals surface area (Å²) in [5.74, 6) is -1.15. The number of unbranched alkanes of at least 4 members (excludes halogenated alkanes) is 12. The Bertz CT molecular complexity index is 482. The van der Waals surface area contributed by atoms with E-state index >= 15 is 0 Å². The van der Waals surface area contributed by atoms with E-state index < -0.39 is 17.9 Å². The van der Waals surface area contributed by atoms with Crippen LogP contribution in [0.25, 0.3) is 0 Å².